The number of anilines is 3. The first-order chi connectivity index (χ1) is 14.1. The van der Waals surface area contributed by atoms with Crippen LogP contribution in [0.5, 0.6) is 0 Å². The zero-order valence-corrected chi connectivity index (χ0v) is 17.8. The van der Waals surface area contributed by atoms with Gasteiger partial charge in [-0.1, -0.05) is 0 Å². The Morgan fingerprint density at radius 3 is 2.87 bits per heavy atom. The molecule has 3 aromatic rings. The van der Waals surface area contributed by atoms with E-state index < -0.39 is 0 Å². The second kappa shape index (κ2) is 8.08. The zero-order valence-electron chi connectivity index (χ0n) is 17.0. The minimum absolute atomic E-state index is 0. The molecule has 0 bridgehead atoms. The van der Waals surface area contributed by atoms with E-state index in [1.165, 1.54) is 10.5 Å². The quantitative estimate of drug-likeness (QED) is 0.650. The van der Waals surface area contributed by atoms with Crippen LogP contribution in [0.2, 0.25) is 0 Å². The smallest absolute Gasteiger partial charge is 0.327 e. The van der Waals surface area contributed by atoms with Crippen molar-refractivity contribution >= 4 is 46.7 Å². The Morgan fingerprint density at radius 1 is 1.20 bits per heavy atom. The second-order valence-electron chi connectivity index (χ2n) is 7.66. The predicted molar refractivity (Wildman–Crippen MR) is 120 cm³/mol. The van der Waals surface area contributed by atoms with E-state index >= 15 is 0 Å². The molecule has 0 unspecified atom stereocenters. The van der Waals surface area contributed by atoms with Crippen LogP contribution < -0.4 is 20.4 Å². The third kappa shape index (κ3) is 3.66. The Balaban J connectivity index is 0.00000218. The Hall–Kier alpha value is -2.91. The topological polar surface area (TPSA) is 91.2 Å². The average Bonchev–Trinajstić information content (AvgIpc) is 3.30. The van der Waals surface area contributed by atoms with Crippen LogP contribution in [0.4, 0.5) is 22.0 Å². The van der Waals surface area contributed by atoms with Crippen LogP contribution in [-0.2, 0) is 13.5 Å². The van der Waals surface area contributed by atoms with Gasteiger partial charge >= 0.3 is 6.03 Å². The van der Waals surface area contributed by atoms with E-state index in [1.807, 2.05) is 18.2 Å². The van der Waals surface area contributed by atoms with Crippen molar-refractivity contribution in [2.75, 3.05) is 41.3 Å². The van der Waals surface area contributed by atoms with E-state index in [1.54, 1.807) is 18.1 Å². The Labute approximate surface area is 180 Å². The lowest BCUT2D eigenvalue weighted by atomic mass is 10.1. The van der Waals surface area contributed by atoms with E-state index in [2.05, 4.69) is 43.7 Å². The molecule has 4 heterocycles. The molecule has 0 radical (unpaired) electrons. The summed E-state index contributed by atoms with van der Waals surface area (Å²) in [5.41, 5.74) is 4.60. The number of benzene rings is 1. The first-order valence-corrected chi connectivity index (χ1v) is 9.94. The number of pyridine rings is 1. The van der Waals surface area contributed by atoms with Crippen LogP contribution in [-0.4, -0.2) is 58.2 Å². The predicted octanol–water partition coefficient (Wildman–Crippen LogP) is 2.18. The molecule has 9 nitrogen and oxygen atoms in total. The summed E-state index contributed by atoms with van der Waals surface area (Å²) in [6.07, 6.45) is 2.62. The lowest BCUT2D eigenvalue weighted by Crippen LogP contribution is -2.49. The molecule has 0 saturated carbocycles. The van der Waals surface area contributed by atoms with E-state index in [4.69, 9.17) is 0 Å². The molecule has 0 spiro atoms. The number of carbonyl (C=O) groups excluding carboxylic acids is 1. The Morgan fingerprint density at radius 2 is 2.03 bits per heavy atom. The highest BCUT2D eigenvalue weighted by atomic mass is 35.5. The van der Waals surface area contributed by atoms with Gasteiger partial charge in [0.1, 0.15) is 16.9 Å². The molecule has 2 aliphatic rings. The summed E-state index contributed by atoms with van der Waals surface area (Å²) >= 11 is 0. The van der Waals surface area contributed by atoms with Crippen molar-refractivity contribution in [1.82, 2.24) is 25.3 Å². The van der Waals surface area contributed by atoms with Crippen LogP contribution in [0.3, 0.4) is 0 Å². The van der Waals surface area contributed by atoms with E-state index in [0.717, 1.165) is 48.5 Å². The fourth-order valence-corrected chi connectivity index (χ4v) is 4.21. The average molecular weight is 429 g/mol. The van der Waals surface area contributed by atoms with Crippen LogP contribution in [0, 0.1) is 0 Å². The lowest BCUT2D eigenvalue weighted by Gasteiger charge is -2.34. The van der Waals surface area contributed by atoms with Crippen molar-refractivity contribution in [2.45, 2.75) is 19.4 Å². The van der Waals surface area contributed by atoms with E-state index in [0.29, 0.717) is 18.3 Å². The normalized spacial score (nSPS) is 18.3. The number of amides is 2. The first kappa shape index (κ1) is 20.4. The number of nitrogens with zero attached hydrogens (tertiary/aromatic N) is 6. The Bertz CT molecular complexity index is 1080. The van der Waals surface area contributed by atoms with Crippen molar-refractivity contribution < 1.29 is 4.79 Å². The number of hydrogen-bond acceptors (Lipinski definition) is 6. The SMILES string of the molecule is C[C@H]1CN(c2ccnc3c2CCN3C(=O)Nc2ccc3nn(C)nc3c2)CCN1.Cl. The molecule has 5 rings (SSSR count). The number of rotatable bonds is 2. The maximum atomic E-state index is 13.0. The van der Waals surface area contributed by atoms with Crippen LogP contribution >= 0.6 is 12.4 Å². The summed E-state index contributed by atoms with van der Waals surface area (Å²) in [5.74, 6) is 0.756. The number of piperazine rings is 1. The molecule has 158 valence electrons. The highest BCUT2D eigenvalue weighted by molar-refractivity contribution is 6.03. The third-order valence-corrected chi connectivity index (χ3v) is 5.54. The van der Waals surface area contributed by atoms with Crippen LogP contribution in [0.15, 0.2) is 30.5 Å². The Kier molecular flexibility index (Phi) is 5.48. The van der Waals surface area contributed by atoms with Gasteiger partial charge in [-0.25, -0.2) is 9.78 Å². The molecule has 1 atom stereocenters. The second-order valence-corrected chi connectivity index (χ2v) is 7.66. The first-order valence-electron chi connectivity index (χ1n) is 9.94. The third-order valence-electron chi connectivity index (χ3n) is 5.54. The number of halogens is 1. The lowest BCUT2D eigenvalue weighted by molar-refractivity contribution is 0.257. The molecule has 30 heavy (non-hydrogen) atoms. The molecule has 1 aromatic carbocycles. The summed E-state index contributed by atoms with van der Waals surface area (Å²) in [7, 11) is 1.78. The maximum absolute atomic E-state index is 13.0. The van der Waals surface area contributed by atoms with Gasteiger partial charge in [0.25, 0.3) is 0 Å². The molecule has 2 aliphatic heterocycles. The van der Waals surface area contributed by atoms with Gasteiger partial charge in [-0.05, 0) is 37.6 Å². The van der Waals surface area contributed by atoms with Gasteiger partial charge in [-0.2, -0.15) is 15.0 Å². The number of carbonyl (C=O) groups is 1. The molecular formula is C20H25ClN8O. The van der Waals surface area contributed by atoms with Gasteiger partial charge in [0.15, 0.2) is 0 Å². The van der Waals surface area contributed by atoms with Crippen molar-refractivity contribution in [3.8, 4) is 0 Å². The largest absolute Gasteiger partial charge is 0.368 e. The van der Waals surface area contributed by atoms with Crippen molar-refractivity contribution in [3.63, 3.8) is 0 Å². The standard InChI is InChI=1S/C20H24N8O.ClH/c1-13-12-27(10-8-21-13)18-5-7-22-19-15(18)6-9-28(19)20(29)23-14-3-4-16-17(11-14)25-26(2)24-16;/h3-5,7,11,13,21H,6,8-10,12H2,1-2H3,(H,23,29);1H/t13-;/m0./s1. The molecule has 1 fully saturated rings. The summed E-state index contributed by atoms with van der Waals surface area (Å²) < 4.78 is 0. The van der Waals surface area contributed by atoms with Crippen molar-refractivity contribution in [3.05, 3.63) is 36.0 Å². The summed E-state index contributed by atoms with van der Waals surface area (Å²) in [4.78, 5) is 23.1. The molecule has 1 saturated heterocycles. The van der Waals surface area contributed by atoms with Gasteiger partial charge in [0, 0.05) is 62.4 Å². The number of nitrogens with one attached hydrogen (secondary N) is 2. The molecule has 2 aromatic heterocycles. The number of aromatic nitrogens is 4. The van der Waals surface area contributed by atoms with Crippen molar-refractivity contribution in [1.29, 1.82) is 0 Å². The van der Waals surface area contributed by atoms with E-state index in [9.17, 15) is 4.79 Å². The summed E-state index contributed by atoms with van der Waals surface area (Å²) in [6.45, 7) is 5.71. The molecular weight excluding hydrogens is 404 g/mol. The van der Waals surface area contributed by atoms with Crippen LogP contribution in [0.1, 0.15) is 12.5 Å². The van der Waals surface area contributed by atoms with Gasteiger partial charge in [-0.15, -0.1) is 12.4 Å². The van der Waals surface area contributed by atoms with Crippen molar-refractivity contribution in [2.24, 2.45) is 7.05 Å². The molecule has 2 amide bonds. The summed E-state index contributed by atoms with van der Waals surface area (Å²) in [5, 5.41) is 15.0. The fraction of sp³-hybridized carbons (Fsp3) is 0.400. The molecule has 10 heteroatoms. The molecule has 2 N–H and O–H groups in total. The van der Waals surface area contributed by atoms with Gasteiger partial charge in [0.05, 0.1) is 0 Å². The van der Waals surface area contributed by atoms with Crippen LogP contribution in [0.25, 0.3) is 11.0 Å². The van der Waals surface area contributed by atoms with Gasteiger partial charge in [-0.3, -0.25) is 4.90 Å². The minimum atomic E-state index is -0.176. The minimum Gasteiger partial charge on any atom is -0.368 e. The number of urea groups is 1. The number of fused-ring (bicyclic) bond motifs is 2. The van der Waals surface area contributed by atoms with E-state index in [-0.39, 0.29) is 18.4 Å². The summed E-state index contributed by atoms with van der Waals surface area (Å²) in [6, 6.07) is 7.88. The zero-order chi connectivity index (χ0) is 20.0. The highest BCUT2D eigenvalue weighted by Gasteiger charge is 2.30. The number of aryl methyl sites for hydroxylation is 1. The fourth-order valence-electron chi connectivity index (χ4n) is 4.21. The van der Waals surface area contributed by atoms with Gasteiger partial charge < -0.3 is 15.5 Å². The van der Waals surface area contributed by atoms with Gasteiger partial charge in [0.2, 0.25) is 0 Å². The number of hydrogen-bond donors (Lipinski definition) is 2. The monoisotopic (exact) mass is 428 g/mol. The molecule has 0 aliphatic carbocycles. The highest BCUT2D eigenvalue weighted by Crippen LogP contribution is 2.34. The maximum Gasteiger partial charge on any atom is 0.327 e.